The van der Waals surface area contributed by atoms with Crippen LogP contribution in [0.4, 0.5) is 10.1 Å². The van der Waals surface area contributed by atoms with Crippen molar-refractivity contribution in [1.29, 1.82) is 0 Å². The van der Waals surface area contributed by atoms with Gasteiger partial charge in [-0.2, -0.15) is 5.10 Å². The van der Waals surface area contributed by atoms with E-state index in [4.69, 9.17) is 11.6 Å². The zero-order valence-electron chi connectivity index (χ0n) is 14.8. The summed E-state index contributed by atoms with van der Waals surface area (Å²) >= 11 is 6.34. The molecule has 0 amide bonds. The van der Waals surface area contributed by atoms with Gasteiger partial charge in [0, 0.05) is 31.6 Å². The van der Waals surface area contributed by atoms with Crippen molar-refractivity contribution < 1.29 is 4.39 Å². The molecule has 1 aliphatic rings. The molecule has 6 nitrogen and oxygen atoms in total. The molecule has 2 N–H and O–H groups in total. The number of imidazole rings is 1. The topological polar surface area (TPSA) is 63.8 Å². The van der Waals surface area contributed by atoms with Crippen LogP contribution in [0, 0.1) is 5.82 Å². The van der Waals surface area contributed by atoms with E-state index in [1.165, 1.54) is 0 Å². The highest BCUT2D eigenvalue weighted by molar-refractivity contribution is 6.36. The third-order valence-corrected chi connectivity index (χ3v) is 5.49. The lowest BCUT2D eigenvalue weighted by atomic mass is 10.2. The van der Waals surface area contributed by atoms with Gasteiger partial charge in [-0.05, 0) is 31.3 Å². The lowest BCUT2D eigenvalue weighted by Crippen LogP contribution is -2.44. The Hall–Kier alpha value is -2.64. The lowest BCUT2D eigenvalue weighted by molar-refractivity contribution is 0.312. The zero-order chi connectivity index (χ0) is 18.5. The highest BCUT2D eigenvalue weighted by Crippen LogP contribution is 2.33. The van der Waals surface area contributed by atoms with Gasteiger partial charge in [0.25, 0.3) is 0 Å². The Morgan fingerprint density at radius 3 is 2.70 bits per heavy atom. The van der Waals surface area contributed by atoms with Crippen molar-refractivity contribution in [1.82, 2.24) is 25.1 Å². The molecule has 0 saturated carbocycles. The number of benzene rings is 2. The van der Waals surface area contributed by atoms with Crippen LogP contribution in [0.2, 0.25) is 5.02 Å². The molecule has 5 rings (SSSR count). The van der Waals surface area contributed by atoms with Crippen LogP contribution in [0.25, 0.3) is 33.5 Å². The Kier molecular flexibility index (Phi) is 3.80. The molecular weight excluding hydrogens is 367 g/mol. The Labute approximate surface area is 159 Å². The average Bonchev–Trinajstić information content (AvgIpc) is 3.28. The summed E-state index contributed by atoms with van der Waals surface area (Å²) in [7, 11) is 2.08. The van der Waals surface area contributed by atoms with Crippen LogP contribution < -0.4 is 4.90 Å². The van der Waals surface area contributed by atoms with E-state index >= 15 is 4.39 Å². The van der Waals surface area contributed by atoms with E-state index in [2.05, 4.69) is 37.0 Å². The smallest absolute Gasteiger partial charge is 0.174 e. The number of likely N-dealkylation sites (N-methyl/N-ethyl adjacent to an activating group) is 1. The monoisotopic (exact) mass is 384 g/mol. The standard InChI is InChI=1S/C19H18ClFN6/c1-26-7-9-27(10-8-26)14-6-5-13-17(16(14)21)23-19(22-13)18-15-11(20)3-2-4-12(15)24-25-18/h2-6H,7-10H2,1H3,(H,22,23)(H,24,25). The quantitative estimate of drug-likeness (QED) is 0.553. The number of halogens is 2. The molecule has 1 fully saturated rings. The van der Waals surface area contributed by atoms with Crippen LogP contribution in [0.3, 0.4) is 0 Å². The van der Waals surface area contributed by atoms with Crippen molar-refractivity contribution in [3.63, 3.8) is 0 Å². The molecule has 2 aromatic heterocycles. The molecule has 1 aliphatic heterocycles. The number of H-pyrrole nitrogens is 2. The molecule has 0 spiro atoms. The molecule has 27 heavy (non-hydrogen) atoms. The number of nitrogens with zero attached hydrogens (tertiary/aromatic N) is 4. The normalized spacial score (nSPS) is 15.9. The minimum Gasteiger partial charge on any atom is -0.367 e. The van der Waals surface area contributed by atoms with Crippen LogP contribution in [-0.4, -0.2) is 58.3 Å². The average molecular weight is 385 g/mol. The Balaban J connectivity index is 1.60. The van der Waals surface area contributed by atoms with Gasteiger partial charge in [-0.15, -0.1) is 0 Å². The minimum atomic E-state index is -0.300. The molecule has 0 aliphatic carbocycles. The minimum absolute atomic E-state index is 0.300. The van der Waals surface area contributed by atoms with Crippen LogP contribution in [0.1, 0.15) is 0 Å². The summed E-state index contributed by atoms with van der Waals surface area (Å²) in [6.07, 6.45) is 0. The number of aromatic nitrogens is 4. The third kappa shape index (κ3) is 2.65. The third-order valence-electron chi connectivity index (χ3n) is 5.18. The number of piperazine rings is 1. The van der Waals surface area contributed by atoms with Gasteiger partial charge in [0.1, 0.15) is 11.2 Å². The molecule has 0 atom stereocenters. The van der Waals surface area contributed by atoms with Crippen LogP contribution in [0.5, 0.6) is 0 Å². The molecule has 0 radical (unpaired) electrons. The molecule has 2 aromatic carbocycles. The molecule has 3 heterocycles. The highest BCUT2D eigenvalue weighted by atomic mass is 35.5. The van der Waals surface area contributed by atoms with E-state index in [0.717, 1.165) is 37.1 Å². The van der Waals surface area contributed by atoms with Gasteiger partial charge in [0.2, 0.25) is 0 Å². The first-order valence-corrected chi connectivity index (χ1v) is 9.24. The summed E-state index contributed by atoms with van der Waals surface area (Å²) < 4.78 is 15.2. The van der Waals surface area contributed by atoms with Crippen molar-refractivity contribution in [2.75, 3.05) is 38.1 Å². The fraction of sp³-hybridized carbons (Fsp3) is 0.263. The second-order valence-electron chi connectivity index (χ2n) is 6.91. The number of aromatic amines is 2. The SMILES string of the molecule is CN1CCN(c2ccc3[nH]c(-c4n[nH]c5cccc(Cl)c45)nc3c2F)CC1. The highest BCUT2D eigenvalue weighted by Gasteiger charge is 2.22. The van der Waals surface area contributed by atoms with E-state index in [-0.39, 0.29) is 5.82 Å². The zero-order valence-corrected chi connectivity index (χ0v) is 15.5. The predicted octanol–water partition coefficient (Wildman–Crippen LogP) is 3.65. The second-order valence-corrected chi connectivity index (χ2v) is 7.31. The van der Waals surface area contributed by atoms with Crippen molar-refractivity contribution in [2.45, 2.75) is 0 Å². The Morgan fingerprint density at radius 2 is 1.89 bits per heavy atom. The van der Waals surface area contributed by atoms with Crippen LogP contribution in [0.15, 0.2) is 30.3 Å². The first-order valence-electron chi connectivity index (χ1n) is 8.86. The Morgan fingerprint density at radius 1 is 1.07 bits per heavy atom. The van der Waals surface area contributed by atoms with Gasteiger partial charge in [-0.1, -0.05) is 17.7 Å². The summed E-state index contributed by atoms with van der Waals surface area (Å²) in [5.74, 6) is 0.198. The fourth-order valence-electron chi connectivity index (χ4n) is 3.64. The number of anilines is 1. The van der Waals surface area contributed by atoms with Crippen LogP contribution in [-0.2, 0) is 0 Å². The van der Waals surface area contributed by atoms with E-state index < -0.39 is 0 Å². The van der Waals surface area contributed by atoms with Gasteiger partial charge in [-0.25, -0.2) is 9.37 Å². The van der Waals surface area contributed by atoms with E-state index in [1.807, 2.05) is 24.3 Å². The maximum Gasteiger partial charge on any atom is 0.174 e. The molecule has 0 bridgehead atoms. The van der Waals surface area contributed by atoms with Gasteiger partial charge in [-0.3, -0.25) is 5.10 Å². The molecule has 1 saturated heterocycles. The lowest BCUT2D eigenvalue weighted by Gasteiger charge is -2.34. The van der Waals surface area contributed by atoms with E-state index in [1.54, 1.807) is 6.07 Å². The first-order chi connectivity index (χ1) is 13.1. The summed E-state index contributed by atoms with van der Waals surface area (Å²) in [5, 5.41) is 8.64. The van der Waals surface area contributed by atoms with E-state index in [0.29, 0.717) is 33.3 Å². The number of nitrogens with one attached hydrogen (secondary N) is 2. The summed E-state index contributed by atoms with van der Waals surface area (Å²) in [5.41, 5.74) is 2.97. The number of rotatable bonds is 2. The molecular formula is C19H18ClFN6. The van der Waals surface area contributed by atoms with Crippen molar-refractivity contribution >= 4 is 39.2 Å². The van der Waals surface area contributed by atoms with Gasteiger partial charge < -0.3 is 14.8 Å². The first kappa shape index (κ1) is 16.5. The second kappa shape index (κ2) is 6.21. The predicted molar refractivity (Wildman–Crippen MR) is 106 cm³/mol. The number of hydrogen-bond acceptors (Lipinski definition) is 4. The maximum absolute atomic E-state index is 15.2. The Bertz CT molecular complexity index is 1140. The van der Waals surface area contributed by atoms with E-state index in [9.17, 15) is 0 Å². The fourth-order valence-corrected chi connectivity index (χ4v) is 3.90. The van der Waals surface area contributed by atoms with Gasteiger partial charge in [0.15, 0.2) is 11.6 Å². The molecule has 8 heteroatoms. The van der Waals surface area contributed by atoms with Crippen LogP contribution >= 0.6 is 11.6 Å². The number of fused-ring (bicyclic) bond motifs is 2. The van der Waals surface area contributed by atoms with Gasteiger partial charge in [0.05, 0.1) is 21.7 Å². The molecule has 4 aromatic rings. The van der Waals surface area contributed by atoms with Crippen molar-refractivity contribution in [2.24, 2.45) is 0 Å². The largest absolute Gasteiger partial charge is 0.367 e. The van der Waals surface area contributed by atoms with Gasteiger partial charge >= 0.3 is 0 Å². The number of hydrogen-bond donors (Lipinski definition) is 2. The van der Waals surface area contributed by atoms with Crippen molar-refractivity contribution in [3.05, 3.63) is 41.2 Å². The molecule has 138 valence electrons. The summed E-state index contributed by atoms with van der Waals surface area (Å²) in [6, 6.07) is 9.25. The molecule has 0 unspecified atom stereocenters. The maximum atomic E-state index is 15.2. The summed E-state index contributed by atoms with van der Waals surface area (Å²) in [6.45, 7) is 3.44. The van der Waals surface area contributed by atoms with Crippen molar-refractivity contribution in [3.8, 4) is 11.5 Å². The summed E-state index contributed by atoms with van der Waals surface area (Å²) in [4.78, 5) is 12.0.